The Labute approximate surface area is 97.0 Å². The molecule has 1 fully saturated rings. The van der Waals surface area contributed by atoms with Crippen molar-refractivity contribution < 1.29 is 14.6 Å². The molecule has 1 aliphatic heterocycles. The molecule has 5 heteroatoms. The van der Waals surface area contributed by atoms with Crippen molar-refractivity contribution in [3.05, 3.63) is 0 Å². The highest BCUT2D eigenvalue weighted by Crippen LogP contribution is 2.13. The second-order valence-corrected chi connectivity index (χ2v) is 5.24. The number of amides is 1. The van der Waals surface area contributed by atoms with E-state index in [4.69, 9.17) is 4.74 Å². The minimum atomic E-state index is -0.463. The molecule has 1 saturated heterocycles. The van der Waals surface area contributed by atoms with Crippen molar-refractivity contribution in [2.75, 3.05) is 33.3 Å². The van der Waals surface area contributed by atoms with Gasteiger partial charge in [0.25, 0.3) is 0 Å². The second kappa shape index (κ2) is 5.01. The number of hydrogen-bond acceptors (Lipinski definition) is 4. The first-order chi connectivity index (χ1) is 7.33. The van der Waals surface area contributed by atoms with Crippen molar-refractivity contribution in [2.45, 2.75) is 32.4 Å². The minimum Gasteiger partial charge on any atom is -0.444 e. The molecule has 1 atom stereocenters. The molecule has 0 aromatic carbocycles. The zero-order chi connectivity index (χ0) is 12.3. The standard InChI is InChI=1S/C11H22N2O3/c1-11(2,3)16-10(15)13-6-5-12(4)9(7-13)8-14/h9,14H,5-8H2,1-4H3. The summed E-state index contributed by atoms with van der Waals surface area (Å²) in [7, 11) is 1.95. The van der Waals surface area contributed by atoms with E-state index in [1.165, 1.54) is 0 Å². The van der Waals surface area contributed by atoms with Crippen LogP contribution in [0.2, 0.25) is 0 Å². The third-order valence-corrected chi connectivity index (χ3v) is 2.64. The number of aliphatic hydroxyl groups is 1. The Hall–Kier alpha value is -0.810. The summed E-state index contributed by atoms with van der Waals surface area (Å²) in [6, 6.07) is 0.0151. The van der Waals surface area contributed by atoms with E-state index in [-0.39, 0.29) is 18.7 Å². The third kappa shape index (κ3) is 3.64. The second-order valence-electron chi connectivity index (χ2n) is 5.24. The van der Waals surface area contributed by atoms with Crippen molar-refractivity contribution in [1.29, 1.82) is 0 Å². The van der Waals surface area contributed by atoms with Gasteiger partial charge in [-0.25, -0.2) is 4.79 Å². The number of aliphatic hydroxyl groups excluding tert-OH is 1. The molecular weight excluding hydrogens is 208 g/mol. The molecule has 0 aliphatic carbocycles. The molecule has 1 aliphatic rings. The highest BCUT2D eigenvalue weighted by atomic mass is 16.6. The van der Waals surface area contributed by atoms with E-state index in [2.05, 4.69) is 4.90 Å². The van der Waals surface area contributed by atoms with Gasteiger partial charge in [0.2, 0.25) is 0 Å². The Bertz CT molecular complexity index is 250. The summed E-state index contributed by atoms with van der Waals surface area (Å²) in [6.45, 7) is 7.57. The van der Waals surface area contributed by atoms with Gasteiger partial charge in [0.05, 0.1) is 12.6 Å². The average molecular weight is 230 g/mol. The van der Waals surface area contributed by atoms with Crippen LogP contribution in [-0.2, 0) is 4.74 Å². The van der Waals surface area contributed by atoms with Gasteiger partial charge in [-0.1, -0.05) is 0 Å². The fourth-order valence-corrected chi connectivity index (χ4v) is 1.64. The fraction of sp³-hybridized carbons (Fsp3) is 0.909. The summed E-state index contributed by atoms with van der Waals surface area (Å²) in [5.74, 6) is 0. The smallest absolute Gasteiger partial charge is 0.410 e. The van der Waals surface area contributed by atoms with Crippen molar-refractivity contribution in [1.82, 2.24) is 9.80 Å². The highest BCUT2D eigenvalue weighted by molar-refractivity contribution is 5.68. The molecule has 0 bridgehead atoms. The highest BCUT2D eigenvalue weighted by Gasteiger charge is 2.29. The van der Waals surface area contributed by atoms with Gasteiger partial charge < -0.3 is 14.7 Å². The maximum absolute atomic E-state index is 11.8. The fourth-order valence-electron chi connectivity index (χ4n) is 1.64. The quantitative estimate of drug-likeness (QED) is 0.714. The number of piperazine rings is 1. The van der Waals surface area contributed by atoms with Crippen LogP contribution in [0.15, 0.2) is 0 Å². The van der Waals surface area contributed by atoms with Gasteiger partial charge in [-0.2, -0.15) is 0 Å². The Balaban J connectivity index is 2.52. The predicted octanol–water partition coefficient (Wildman–Crippen LogP) is 0.530. The predicted molar refractivity (Wildman–Crippen MR) is 61.3 cm³/mol. The molecule has 5 nitrogen and oxygen atoms in total. The first-order valence-corrected chi connectivity index (χ1v) is 5.62. The monoisotopic (exact) mass is 230 g/mol. The summed E-state index contributed by atoms with van der Waals surface area (Å²) < 4.78 is 5.29. The largest absolute Gasteiger partial charge is 0.444 e. The number of likely N-dealkylation sites (N-methyl/N-ethyl adjacent to an activating group) is 1. The Kier molecular flexibility index (Phi) is 4.15. The SMILES string of the molecule is CN1CCN(C(=O)OC(C)(C)C)CC1CO. The molecule has 1 amide bonds. The molecule has 94 valence electrons. The number of rotatable bonds is 1. The molecule has 0 aromatic heterocycles. The summed E-state index contributed by atoms with van der Waals surface area (Å²) >= 11 is 0. The van der Waals surface area contributed by atoms with Crippen LogP contribution in [0, 0.1) is 0 Å². The maximum atomic E-state index is 11.8. The van der Waals surface area contributed by atoms with Gasteiger partial charge in [0.15, 0.2) is 0 Å². The molecular formula is C11H22N2O3. The van der Waals surface area contributed by atoms with E-state index >= 15 is 0 Å². The summed E-state index contributed by atoms with van der Waals surface area (Å²) in [5.41, 5.74) is -0.463. The lowest BCUT2D eigenvalue weighted by Gasteiger charge is -2.38. The first kappa shape index (κ1) is 13.3. The lowest BCUT2D eigenvalue weighted by Crippen LogP contribution is -2.55. The normalized spacial score (nSPS) is 23.3. The van der Waals surface area contributed by atoms with Crippen LogP contribution in [-0.4, -0.2) is 65.9 Å². The molecule has 0 saturated carbocycles. The van der Waals surface area contributed by atoms with Gasteiger partial charge >= 0.3 is 6.09 Å². The number of nitrogens with zero attached hydrogens (tertiary/aromatic N) is 2. The number of ether oxygens (including phenoxy) is 1. The van der Waals surface area contributed by atoms with E-state index in [1.807, 2.05) is 27.8 Å². The molecule has 1 N–H and O–H groups in total. The third-order valence-electron chi connectivity index (χ3n) is 2.64. The van der Waals surface area contributed by atoms with Crippen LogP contribution < -0.4 is 0 Å². The van der Waals surface area contributed by atoms with E-state index in [9.17, 15) is 9.90 Å². The Morgan fingerprint density at radius 1 is 1.44 bits per heavy atom. The van der Waals surface area contributed by atoms with Gasteiger partial charge in [-0.3, -0.25) is 4.90 Å². The average Bonchev–Trinajstić information content (AvgIpc) is 2.15. The molecule has 0 aromatic rings. The van der Waals surface area contributed by atoms with Crippen LogP contribution in [0.25, 0.3) is 0 Å². The van der Waals surface area contributed by atoms with Crippen LogP contribution in [0.3, 0.4) is 0 Å². The van der Waals surface area contributed by atoms with Gasteiger partial charge in [0, 0.05) is 19.6 Å². The number of carbonyl (C=O) groups excluding carboxylic acids is 1. The topological polar surface area (TPSA) is 53.0 Å². The lowest BCUT2D eigenvalue weighted by molar-refractivity contribution is 0.00107. The van der Waals surface area contributed by atoms with Crippen LogP contribution in [0.4, 0.5) is 4.79 Å². The summed E-state index contributed by atoms with van der Waals surface area (Å²) in [4.78, 5) is 15.5. The summed E-state index contributed by atoms with van der Waals surface area (Å²) in [5, 5.41) is 9.17. The van der Waals surface area contributed by atoms with Crippen molar-refractivity contribution in [3.63, 3.8) is 0 Å². The van der Waals surface area contributed by atoms with Gasteiger partial charge in [-0.05, 0) is 27.8 Å². The number of carbonyl (C=O) groups is 1. The first-order valence-electron chi connectivity index (χ1n) is 5.62. The molecule has 16 heavy (non-hydrogen) atoms. The van der Waals surface area contributed by atoms with Crippen LogP contribution in [0.1, 0.15) is 20.8 Å². The molecule has 1 unspecified atom stereocenters. The van der Waals surface area contributed by atoms with Gasteiger partial charge in [0.1, 0.15) is 5.60 Å². The molecule has 0 spiro atoms. The van der Waals surface area contributed by atoms with Crippen molar-refractivity contribution in [2.24, 2.45) is 0 Å². The van der Waals surface area contributed by atoms with E-state index in [1.54, 1.807) is 4.90 Å². The Morgan fingerprint density at radius 3 is 2.56 bits per heavy atom. The molecule has 1 rings (SSSR count). The van der Waals surface area contributed by atoms with E-state index in [0.717, 1.165) is 6.54 Å². The van der Waals surface area contributed by atoms with E-state index in [0.29, 0.717) is 13.1 Å². The van der Waals surface area contributed by atoms with Gasteiger partial charge in [-0.15, -0.1) is 0 Å². The maximum Gasteiger partial charge on any atom is 0.410 e. The van der Waals surface area contributed by atoms with Crippen molar-refractivity contribution in [3.8, 4) is 0 Å². The van der Waals surface area contributed by atoms with E-state index < -0.39 is 5.60 Å². The molecule has 0 radical (unpaired) electrons. The minimum absolute atomic E-state index is 0.0151. The zero-order valence-corrected chi connectivity index (χ0v) is 10.6. The molecule has 1 heterocycles. The zero-order valence-electron chi connectivity index (χ0n) is 10.6. The van der Waals surface area contributed by atoms with Crippen LogP contribution >= 0.6 is 0 Å². The summed E-state index contributed by atoms with van der Waals surface area (Å²) in [6.07, 6.45) is -0.293. The Morgan fingerprint density at radius 2 is 2.06 bits per heavy atom. The lowest BCUT2D eigenvalue weighted by atomic mass is 10.2. The van der Waals surface area contributed by atoms with Crippen LogP contribution in [0.5, 0.6) is 0 Å². The van der Waals surface area contributed by atoms with Crippen molar-refractivity contribution >= 4 is 6.09 Å². The number of hydrogen-bond donors (Lipinski definition) is 1.